The van der Waals surface area contributed by atoms with Crippen LogP contribution in [0.1, 0.15) is 27.2 Å². The van der Waals surface area contributed by atoms with Crippen LogP contribution in [0.2, 0.25) is 0 Å². The predicted octanol–water partition coefficient (Wildman–Crippen LogP) is 3.25. The lowest BCUT2D eigenvalue weighted by molar-refractivity contribution is -0.115. The summed E-state index contributed by atoms with van der Waals surface area (Å²) in [5.74, 6) is 4.74. The Morgan fingerprint density at radius 2 is 2.07 bits per heavy atom. The van der Waals surface area contributed by atoms with E-state index in [1.807, 2.05) is 0 Å². The van der Waals surface area contributed by atoms with Crippen LogP contribution < -0.4 is 5.32 Å². The minimum atomic E-state index is -1.02. The number of pyridine rings is 1. The van der Waals surface area contributed by atoms with Gasteiger partial charge in [-0.1, -0.05) is 17.9 Å². The van der Waals surface area contributed by atoms with Gasteiger partial charge >= 0.3 is 5.97 Å². The van der Waals surface area contributed by atoms with Crippen molar-refractivity contribution < 1.29 is 23.9 Å². The molecule has 1 saturated heterocycles. The lowest BCUT2D eigenvalue weighted by atomic mass is 10.1. The topological polar surface area (TPSA) is 110 Å². The van der Waals surface area contributed by atoms with Gasteiger partial charge in [-0.05, 0) is 36.0 Å². The molecule has 0 unspecified atom stereocenters. The first-order valence-electron chi connectivity index (χ1n) is 7.97. The molecule has 0 bridgehead atoms. The van der Waals surface area contributed by atoms with Crippen molar-refractivity contribution in [3.05, 3.63) is 70.1 Å². The van der Waals surface area contributed by atoms with Crippen molar-refractivity contribution in [2.45, 2.75) is 0 Å². The molecule has 3 heterocycles. The Hall–Kier alpha value is -3.83. The van der Waals surface area contributed by atoms with E-state index in [2.05, 4.69) is 22.1 Å². The molecule has 2 aromatic heterocycles. The fourth-order valence-corrected chi connectivity index (χ4v) is 3.22. The van der Waals surface area contributed by atoms with Gasteiger partial charge in [0, 0.05) is 29.4 Å². The number of benzene rings is 1. The predicted molar refractivity (Wildman–Crippen MR) is 102 cm³/mol. The number of nitrogens with zero attached hydrogens (tertiary/aromatic N) is 1. The van der Waals surface area contributed by atoms with Crippen LogP contribution in [0.25, 0.3) is 17.0 Å². The van der Waals surface area contributed by atoms with E-state index in [4.69, 9.17) is 9.52 Å². The van der Waals surface area contributed by atoms with Crippen LogP contribution >= 0.6 is 11.8 Å². The van der Waals surface area contributed by atoms with E-state index in [-0.39, 0.29) is 10.5 Å². The zero-order valence-corrected chi connectivity index (χ0v) is 14.9. The second kappa shape index (κ2) is 7.06. The summed E-state index contributed by atoms with van der Waals surface area (Å²) in [5.41, 5.74) is 1.70. The molecule has 7 nitrogen and oxygen atoms in total. The van der Waals surface area contributed by atoms with Gasteiger partial charge in [0.15, 0.2) is 5.58 Å². The van der Waals surface area contributed by atoms with Gasteiger partial charge in [0.2, 0.25) is 0 Å². The highest BCUT2D eigenvalue weighted by Crippen LogP contribution is 2.28. The number of hydrogen-bond donors (Lipinski definition) is 2. The highest BCUT2D eigenvalue weighted by molar-refractivity contribution is 8.18. The molecule has 0 atom stereocenters. The molecule has 0 spiro atoms. The second-order valence-corrected chi connectivity index (χ2v) is 6.76. The summed E-state index contributed by atoms with van der Waals surface area (Å²) < 4.78 is 5.78. The van der Waals surface area contributed by atoms with Crippen LogP contribution in [-0.4, -0.2) is 27.2 Å². The van der Waals surface area contributed by atoms with Gasteiger partial charge in [-0.15, -0.1) is 0 Å². The lowest BCUT2D eigenvalue weighted by Crippen LogP contribution is -2.17. The normalized spacial score (nSPS) is 14.8. The van der Waals surface area contributed by atoms with Crippen molar-refractivity contribution in [3.63, 3.8) is 0 Å². The fraction of sp³-hybridized carbons (Fsp3) is 0. The van der Waals surface area contributed by atoms with E-state index in [1.165, 1.54) is 24.4 Å². The van der Waals surface area contributed by atoms with Crippen molar-refractivity contribution in [3.8, 4) is 11.8 Å². The van der Waals surface area contributed by atoms with E-state index in [0.717, 1.165) is 11.8 Å². The Labute approximate surface area is 162 Å². The number of imide groups is 1. The first-order valence-corrected chi connectivity index (χ1v) is 8.79. The highest BCUT2D eigenvalue weighted by atomic mass is 32.2. The van der Waals surface area contributed by atoms with E-state index in [1.54, 1.807) is 24.4 Å². The van der Waals surface area contributed by atoms with Gasteiger partial charge in [0.05, 0.1) is 16.0 Å². The fourth-order valence-electron chi connectivity index (χ4n) is 2.56. The Kier molecular flexibility index (Phi) is 4.43. The lowest BCUT2D eigenvalue weighted by Gasteiger charge is -1.95. The van der Waals surface area contributed by atoms with Gasteiger partial charge in [0.1, 0.15) is 5.76 Å². The first-order chi connectivity index (χ1) is 13.5. The van der Waals surface area contributed by atoms with E-state index >= 15 is 0 Å². The zero-order valence-electron chi connectivity index (χ0n) is 14.1. The summed E-state index contributed by atoms with van der Waals surface area (Å²) in [6.45, 7) is 0. The summed E-state index contributed by atoms with van der Waals surface area (Å²) in [6.07, 6.45) is 4.62. The van der Waals surface area contributed by atoms with Crippen molar-refractivity contribution in [2.24, 2.45) is 0 Å². The van der Waals surface area contributed by atoms with Crippen LogP contribution in [0, 0.1) is 11.8 Å². The number of carboxylic acid groups (broad SMARTS) is 1. The van der Waals surface area contributed by atoms with Gasteiger partial charge in [-0.2, -0.15) is 0 Å². The molecule has 0 saturated carbocycles. The van der Waals surface area contributed by atoms with E-state index in [0.29, 0.717) is 27.9 Å². The number of carbonyl (C=O) groups is 3. The molecule has 4 rings (SSSR count). The average molecular weight is 390 g/mol. The van der Waals surface area contributed by atoms with Gasteiger partial charge in [-0.3, -0.25) is 19.9 Å². The maximum Gasteiger partial charge on any atom is 0.335 e. The van der Waals surface area contributed by atoms with Crippen molar-refractivity contribution in [1.82, 2.24) is 10.3 Å². The maximum absolute atomic E-state index is 11.7. The Balaban J connectivity index is 1.70. The molecule has 2 amide bonds. The number of hydrogen-bond acceptors (Lipinski definition) is 6. The summed E-state index contributed by atoms with van der Waals surface area (Å²) in [5, 5.41) is 11.5. The third-order valence-electron chi connectivity index (χ3n) is 3.81. The number of rotatable bonds is 2. The molecule has 0 radical (unpaired) electrons. The summed E-state index contributed by atoms with van der Waals surface area (Å²) in [6, 6.07) is 7.99. The molecule has 0 aliphatic carbocycles. The smallest absolute Gasteiger partial charge is 0.335 e. The Morgan fingerprint density at radius 1 is 1.21 bits per heavy atom. The Morgan fingerprint density at radius 3 is 2.82 bits per heavy atom. The van der Waals surface area contributed by atoms with E-state index < -0.39 is 17.1 Å². The molecule has 1 aliphatic heterocycles. The minimum absolute atomic E-state index is 0.150. The number of thioether (sulfide) groups is 1. The number of carbonyl (C=O) groups excluding carboxylic acids is 2. The highest BCUT2D eigenvalue weighted by Gasteiger charge is 2.25. The largest absolute Gasteiger partial charge is 0.478 e. The van der Waals surface area contributed by atoms with Crippen molar-refractivity contribution in [1.29, 1.82) is 0 Å². The zero-order chi connectivity index (χ0) is 19.7. The van der Waals surface area contributed by atoms with Crippen LogP contribution in [0.5, 0.6) is 0 Å². The molecular weight excluding hydrogens is 380 g/mol. The summed E-state index contributed by atoms with van der Waals surface area (Å²) >= 11 is 0.804. The van der Waals surface area contributed by atoms with Crippen LogP contribution in [0.15, 0.2) is 52.0 Å². The van der Waals surface area contributed by atoms with Crippen LogP contribution in [0.4, 0.5) is 4.79 Å². The number of fused-ring (bicyclic) bond motifs is 1. The molecule has 8 heteroatoms. The molecule has 3 aromatic rings. The molecule has 2 N–H and O–H groups in total. The second-order valence-electron chi connectivity index (χ2n) is 5.74. The van der Waals surface area contributed by atoms with Gasteiger partial charge < -0.3 is 9.52 Å². The van der Waals surface area contributed by atoms with Crippen LogP contribution in [-0.2, 0) is 4.79 Å². The molecule has 136 valence electrons. The molecule has 28 heavy (non-hydrogen) atoms. The standard InChI is InChI=1S/C20H10N2O5S/c23-18-16(28-20(26)22-18)8-15-7-14-10-21-9-13(17(14)27-15)5-4-11-2-1-3-12(6-11)19(24)25/h1-3,6-10H,(H,24,25)(H,22,23,26)/b16-8+. The minimum Gasteiger partial charge on any atom is -0.478 e. The quantitative estimate of drug-likeness (QED) is 0.510. The van der Waals surface area contributed by atoms with Crippen molar-refractivity contribution in [2.75, 3.05) is 0 Å². The maximum atomic E-state index is 11.7. The number of furan rings is 1. The SMILES string of the molecule is O=C1NC(=O)/C(=C\c2cc3cncc(C#Cc4cccc(C(=O)O)c4)c3o2)S1. The molecule has 1 fully saturated rings. The number of amides is 2. The molecule has 1 aromatic carbocycles. The molecular formula is C20H10N2O5S. The third kappa shape index (κ3) is 3.51. The Bertz CT molecular complexity index is 1250. The number of nitrogens with one attached hydrogen (secondary N) is 1. The summed E-state index contributed by atoms with van der Waals surface area (Å²) in [7, 11) is 0. The number of aromatic nitrogens is 1. The molecule has 1 aliphatic rings. The number of aromatic carboxylic acids is 1. The third-order valence-corrected chi connectivity index (χ3v) is 4.62. The van der Waals surface area contributed by atoms with Crippen molar-refractivity contribution >= 4 is 45.9 Å². The van der Waals surface area contributed by atoms with Gasteiger partial charge in [0.25, 0.3) is 11.1 Å². The average Bonchev–Trinajstić information content (AvgIpc) is 3.22. The van der Waals surface area contributed by atoms with Gasteiger partial charge in [-0.25, -0.2) is 4.79 Å². The van der Waals surface area contributed by atoms with E-state index in [9.17, 15) is 14.4 Å². The summed E-state index contributed by atoms with van der Waals surface area (Å²) in [4.78, 5) is 38.4. The monoisotopic (exact) mass is 390 g/mol. The number of carboxylic acids is 1. The van der Waals surface area contributed by atoms with Crippen LogP contribution in [0.3, 0.4) is 0 Å². The first kappa shape index (κ1) is 17.6.